The van der Waals surface area contributed by atoms with Crippen molar-refractivity contribution in [2.24, 2.45) is 0 Å². The van der Waals surface area contributed by atoms with Crippen LogP contribution in [0.3, 0.4) is 0 Å². The molecule has 0 aromatic carbocycles. The highest BCUT2D eigenvalue weighted by Crippen LogP contribution is 1.76. The summed E-state index contributed by atoms with van der Waals surface area (Å²) >= 11 is 0. The number of hydrogen-bond acceptors (Lipinski definition) is 5. The van der Waals surface area contributed by atoms with Gasteiger partial charge >= 0.3 is 0 Å². The van der Waals surface area contributed by atoms with Crippen LogP contribution in [0.4, 0.5) is 0 Å². The Morgan fingerprint density at radius 1 is 1.08 bits per heavy atom. The minimum absolute atomic E-state index is 0.889. The Hall–Kier alpha value is -1.07. The number of nitrogens with zero attached hydrogens (tertiary/aromatic N) is 3. The van der Waals surface area contributed by atoms with Gasteiger partial charge in [-0.25, -0.2) is 4.98 Å². The van der Waals surface area contributed by atoms with E-state index in [1.54, 1.807) is 6.20 Å². The lowest BCUT2D eigenvalue weighted by Gasteiger charge is -2.10. The van der Waals surface area contributed by atoms with Gasteiger partial charge in [0.1, 0.15) is 6.33 Å². The first kappa shape index (κ1) is 9.02. The van der Waals surface area contributed by atoms with Gasteiger partial charge in [-0.3, -0.25) is 0 Å². The summed E-state index contributed by atoms with van der Waals surface area (Å²) in [6.45, 7) is 3.83. The fourth-order valence-electron chi connectivity index (χ4n) is 0.721. The third-order valence-electron chi connectivity index (χ3n) is 1.25. The zero-order chi connectivity index (χ0) is 8.49. The fourth-order valence-corrected chi connectivity index (χ4v) is 0.721. The van der Waals surface area contributed by atoms with E-state index in [1.165, 1.54) is 12.5 Å². The Kier molecular flexibility index (Phi) is 4.98. The van der Waals surface area contributed by atoms with Crippen molar-refractivity contribution in [2.75, 3.05) is 26.3 Å². The van der Waals surface area contributed by atoms with Gasteiger partial charge in [-0.15, -0.1) is 5.10 Å². The maximum Gasteiger partial charge on any atom is 0.138 e. The highest BCUT2D eigenvalue weighted by molar-refractivity contribution is 4.59. The molecule has 1 aliphatic rings. The van der Waals surface area contributed by atoms with Crippen molar-refractivity contribution >= 4 is 0 Å². The lowest BCUT2D eigenvalue weighted by atomic mass is 10.5. The average molecular weight is 168 g/mol. The lowest BCUT2D eigenvalue weighted by Crippen LogP contribution is -2.30. The molecule has 2 heterocycles. The number of rotatable bonds is 0. The smallest absolute Gasteiger partial charge is 0.138 e. The van der Waals surface area contributed by atoms with Gasteiger partial charge in [-0.1, -0.05) is 0 Å². The minimum Gasteiger partial charge on any atom is -0.379 e. The maximum atomic E-state index is 5.01. The molecule has 0 atom stereocenters. The molecule has 1 aromatic heterocycles. The zero-order valence-corrected chi connectivity index (χ0v) is 6.81. The van der Waals surface area contributed by atoms with Crippen molar-refractivity contribution in [3.8, 4) is 0 Å². The van der Waals surface area contributed by atoms with E-state index in [0.717, 1.165) is 26.3 Å². The third-order valence-corrected chi connectivity index (χ3v) is 1.25. The standard InChI is InChI=1S/C4H9NO.C3H3N3/c1-3-6-4-2-5-1;1-2-5-6-3-4-1/h5H,1-4H2;1-3H. The second-order valence-corrected chi connectivity index (χ2v) is 2.16. The van der Waals surface area contributed by atoms with Crippen molar-refractivity contribution < 1.29 is 4.74 Å². The quantitative estimate of drug-likeness (QED) is 0.564. The third kappa shape index (κ3) is 4.70. The normalized spacial score (nSPS) is 16.0. The van der Waals surface area contributed by atoms with Crippen LogP contribution in [-0.2, 0) is 4.74 Å². The van der Waals surface area contributed by atoms with Gasteiger partial charge < -0.3 is 10.1 Å². The van der Waals surface area contributed by atoms with Gasteiger partial charge in [0.2, 0.25) is 0 Å². The Bertz CT molecular complexity index is 140. The van der Waals surface area contributed by atoms with E-state index in [2.05, 4.69) is 20.5 Å². The highest BCUT2D eigenvalue weighted by Gasteiger charge is 1.92. The SMILES string of the molecule is C1COCCN1.c1cnncn1. The summed E-state index contributed by atoms with van der Waals surface area (Å²) in [5.74, 6) is 0. The van der Waals surface area contributed by atoms with Gasteiger partial charge in [0.05, 0.1) is 19.4 Å². The number of morpholine rings is 1. The topological polar surface area (TPSA) is 59.9 Å². The molecule has 12 heavy (non-hydrogen) atoms. The van der Waals surface area contributed by atoms with Crippen LogP contribution >= 0.6 is 0 Å². The van der Waals surface area contributed by atoms with Crippen molar-refractivity contribution in [3.05, 3.63) is 18.7 Å². The first-order valence-corrected chi connectivity index (χ1v) is 3.85. The lowest BCUT2D eigenvalue weighted by molar-refractivity contribution is 0.109. The van der Waals surface area contributed by atoms with E-state index in [-0.39, 0.29) is 0 Å². The highest BCUT2D eigenvalue weighted by atomic mass is 16.5. The van der Waals surface area contributed by atoms with E-state index >= 15 is 0 Å². The van der Waals surface area contributed by atoms with Gasteiger partial charge in [0.15, 0.2) is 0 Å². The molecule has 5 heteroatoms. The minimum atomic E-state index is 0.889. The van der Waals surface area contributed by atoms with Crippen molar-refractivity contribution in [1.29, 1.82) is 0 Å². The zero-order valence-electron chi connectivity index (χ0n) is 6.81. The van der Waals surface area contributed by atoms with Crippen molar-refractivity contribution in [1.82, 2.24) is 20.5 Å². The van der Waals surface area contributed by atoms with Crippen LogP contribution in [-0.4, -0.2) is 41.5 Å². The van der Waals surface area contributed by atoms with E-state index in [4.69, 9.17) is 4.74 Å². The predicted molar refractivity (Wildman–Crippen MR) is 43.5 cm³/mol. The number of ether oxygens (including phenoxy) is 1. The summed E-state index contributed by atoms with van der Waals surface area (Å²) in [6, 6.07) is 0. The molecule has 0 amide bonds. The monoisotopic (exact) mass is 168 g/mol. The summed E-state index contributed by atoms with van der Waals surface area (Å²) in [6.07, 6.45) is 4.49. The molecule has 0 unspecified atom stereocenters. The maximum absolute atomic E-state index is 5.01. The van der Waals surface area contributed by atoms with Crippen LogP contribution < -0.4 is 5.32 Å². The molecule has 1 fully saturated rings. The van der Waals surface area contributed by atoms with Crippen LogP contribution in [0.5, 0.6) is 0 Å². The molecule has 5 nitrogen and oxygen atoms in total. The summed E-state index contributed by atoms with van der Waals surface area (Å²) in [5, 5.41) is 10.1. The molecule has 66 valence electrons. The fraction of sp³-hybridized carbons (Fsp3) is 0.571. The van der Waals surface area contributed by atoms with Gasteiger partial charge in [0, 0.05) is 19.3 Å². The first-order valence-electron chi connectivity index (χ1n) is 3.85. The van der Waals surface area contributed by atoms with Gasteiger partial charge in [0.25, 0.3) is 0 Å². The molecular formula is C7H12N4O. The summed E-state index contributed by atoms with van der Waals surface area (Å²) < 4.78 is 5.01. The molecule has 0 aliphatic carbocycles. The molecular weight excluding hydrogens is 156 g/mol. The second-order valence-electron chi connectivity index (χ2n) is 2.16. The molecule has 0 bridgehead atoms. The van der Waals surface area contributed by atoms with Crippen LogP contribution in [0.2, 0.25) is 0 Å². The van der Waals surface area contributed by atoms with Crippen LogP contribution in [0.25, 0.3) is 0 Å². The average Bonchev–Trinajstić information content (AvgIpc) is 2.24. The van der Waals surface area contributed by atoms with Gasteiger partial charge in [-0.2, -0.15) is 5.10 Å². The first-order chi connectivity index (χ1) is 6.00. The van der Waals surface area contributed by atoms with Gasteiger partial charge in [-0.05, 0) is 0 Å². The van der Waals surface area contributed by atoms with E-state index in [9.17, 15) is 0 Å². The Morgan fingerprint density at radius 3 is 2.08 bits per heavy atom. The largest absolute Gasteiger partial charge is 0.379 e. The number of aromatic nitrogens is 3. The second kappa shape index (κ2) is 6.63. The Labute approximate surface area is 71.2 Å². The van der Waals surface area contributed by atoms with E-state index in [0.29, 0.717) is 0 Å². The predicted octanol–water partition coefficient (Wildman–Crippen LogP) is -0.522. The Balaban J connectivity index is 0.000000120. The molecule has 0 spiro atoms. The summed E-state index contributed by atoms with van der Waals surface area (Å²) in [4.78, 5) is 3.61. The summed E-state index contributed by atoms with van der Waals surface area (Å²) in [7, 11) is 0. The van der Waals surface area contributed by atoms with E-state index < -0.39 is 0 Å². The van der Waals surface area contributed by atoms with Crippen molar-refractivity contribution in [2.45, 2.75) is 0 Å². The number of hydrogen-bond donors (Lipinski definition) is 1. The molecule has 1 aromatic rings. The molecule has 2 rings (SSSR count). The molecule has 0 radical (unpaired) electrons. The molecule has 1 N–H and O–H groups in total. The van der Waals surface area contributed by atoms with E-state index in [1.807, 2.05) is 0 Å². The van der Waals surface area contributed by atoms with Crippen LogP contribution in [0.1, 0.15) is 0 Å². The van der Waals surface area contributed by atoms with Crippen LogP contribution in [0, 0.1) is 0 Å². The molecule has 0 saturated carbocycles. The molecule has 1 aliphatic heterocycles. The Morgan fingerprint density at radius 2 is 1.92 bits per heavy atom. The summed E-state index contributed by atoms with van der Waals surface area (Å²) in [5.41, 5.74) is 0. The van der Waals surface area contributed by atoms with Crippen LogP contribution in [0.15, 0.2) is 18.7 Å². The number of nitrogens with one attached hydrogen (secondary N) is 1. The molecule has 1 saturated heterocycles. The van der Waals surface area contributed by atoms with Crippen molar-refractivity contribution in [3.63, 3.8) is 0 Å².